The van der Waals surface area contributed by atoms with Gasteiger partial charge in [0.2, 0.25) is 0 Å². The van der Waals surface area contributed by atoms with Gasteiger partial charge in [0.1, 0.15) is 22.9 Å². The molecule has 12 nitrogen and oxygen atoms in total. The fourth-order valence-electron chi connectivity index (χ4n) is 5.60. The lowest BCUT2D eigenvalue weighted by Crippen LogP contribution is -2.42. The maximum Gasteiger partial charge on any atom is 0.270 e. The number of piperidine rings is 1. The van der Waals surface area contributed by atoms with Crippen LogP contribution >= 0.6 is 0 Å². The summed E-state index contributed by atoms with van der Waals surface area (Å²) in [6, 6.07) is 8.52. The molecule has 2 fully saturated rings. The Morgan fingerprint density at radius 2 is 1.81 bits per heavy atom. The number of rotatable bonds is 11. The summed E-state index contributed by atoms with van der Waals surface area (Å²) in [6.45, 7) is 3.06. The molecule has 0 spiro atoms. The zero-order chi connectivity index (χ0) is 30.4. The van der Waals surface area contributed by atoms with E-state index in [1.165, 1.54) is 21.3 Å². The zero-order valence-electron chi connectivity index (χ0n) is 24.5. The summed E-state index contributed by atoms with van der Waals surface area (Å²) in [4.78, 5) is 1.81. The van der Waals surface area contributed by atoms with Crippen molar-refractivity contribution < 1.29 is 31.5 Å². The largest absolute Gasteiger partial charge is 0.495 e. The number of aromatic nitrogens is 3. The predicted octanol–water partition coefficient (Wildman–Crippen LogP) is 5.32. The lowest BCUT2D eigenvalue weighted by Gasteiger charge is -2.35. The monoisotopic (exact) mass is 614 g/mol. The molecule has 230 valence electrons. The number of benzene rings is 2. The van der Waals surface area contributed by atoms with Crippen LogP contribution in [-0.4, -0.2) is 68.8 Å². The summed E-state index contributed by atoms with van der Waals surface area (Å²) in [5, 5.41) is 15.0. The van der Waals surface area contributed by atoms with Crippen molar-refractivity contribution in [2.24, 2.45) is 0 Å². The summed E-state index contributed by atoms with van der Waals surface area (Å²) in [5.41, 5.74) is 1.46. The summed E-state index contributed by atoms with van der Waals surface area (Å²) in [6.07, 6.45) is 3.56. The average Bonchev–Trinajstić information content (AvgIpc) is 3.60. The Balaban J connectivity index is 1.27. The Kier molecular flexibility index (Phi) is 7.59. The molecule has 3 heterocycles. The lowest BCUT2D eigenvalue weighted by atomic mass is 9.96. The minimum absolute atomic E-state index is 0.0284. The minimum Gasteiger partial charge on any atom is -0.495 e. The summed E-state index contributed by atoms with van der Waals surface area (Å²) in [5.74, 6) is 1.73. The summed E-state index contributed by atoms with van der Waals surface area (Å²) in [7, 11) is 0.00769. The molecule has 1 aliphatic heterocycles. The normalized spacial score (nSPS) is 19.4. The minimum atomic E-state index is -4.27. The second-order valence-corrected chi connectivity index (χ2v) is 13.0. The van der Waals surface area contributed by atoms with Crippen LogP contribution < -0.4 is 24.2 Å². The molecule has 2 aromatic heterocycles. The van der Waals surface area contributed by atoms with Crippen molar-refractivity contribution >= 4 is 38.3 Å². The SMILES string of the molecule is COc1cc2c(NS(=O)(=O)c3c(OC)cc(CN4CCC[C@](C)(F)C4)cc3OC)noc2cc1Nc1cc(C2CC2)[nH]n1. The molecule has 2 aromatic carbocycles. The van der Waals surface area contributed by atoms with Crippen LogP contribution in [0, 0.1) is 0 Å². The number of nitrogens with one attached hydrogen (secondary N) is 3. The summed E-state index contributed by atoms with van der Waals surface area (Å²) < 4.78 is 66.7. The van der Waals surface area contributed by atoms with Gasteiger partial charge < -0.3 is 24.1 Å². The van der Waals surface area contributed by atoms with Gasteiger partial charge in [-0.25, -0.2) is 12.8 Å². The third-order valence-electron chi connectivity index (χ3n) is 7.82. The molecule has 1 aliphatic carbocycles. The maximum atomic E-state index is 14.6. The van der Waals surface area contributed by atoms with Crippen LogP contribution in [-0.2, 0) is 16.6 Å². The number of fused-ring (bicyclic) bond motifs is 1. The highest BCUT2D eigenvalue weighted by molar-refractivity contribution is 7.93. The topological polar surface area (TPSA) is 144 Å². The van der Waals surface area contributed by atoms with E-state index in [1.54, 1.807) is 31.2 Å². The number of hydrogen-bond donors (Lipinski definition) is 3. The number of H-pyrrole nitrogens is 1. The van der Waals surface area contributed by atoms with E-state index in [0.717, 1.165) is 37.1 Å². The third-order valence-corrected chi connectivity index (χ3v) is 9.22. The van der Waals surface area contributed by atoms with Crippen LogP contribution in [0.1, 0.15) is 49.8 Å². The van der Waals surface area contributed by atoms with Crippen LogP contribution in [0.4, 0.5) is 21.7 Å². The van der Waals surface area contributed by atoms with E-state index in [9.17, 15) is 12.8 Å². The number of hydrogen-bond acceptors (Lipinski definition) is 10. The fourth-order valence-corrected chi connectivity index (χ4v) is 6.92. The van der Waals surface area contributed by atoms with E-state index in [-0.39, 0.29) is 22.2 Å². The number of aromatic amines is 1. The second-order valence-electron chi connectivity index (χ2n) is 11.4. The average molecular weight is 615 g/mol. The lowest BCUT2D eigenvalue weighted by molar-refractivity contribution is 0.0562. The van der Waals surface area contributed by atoms with E-state index in [1.807, 2.05) is 11.0 Å². The molecule has 0 bridgehead atoms. The van der Waals surface area contributed by atoms with Gasteiger partial charge in [0.15, 0.2) is 22.1 Å². The smallest absolute Gasteiger partial charge is 0.270 e. The second kappa shape index (κ2) is 11.2. The number of sulfonamides is 1. The quantitative estimate of drug-likeness (QED) is 0.203. The Morgan fingerprint density at radius 3 is 2.47 bits per heavy atom. The van der Waals surface area contributed by atoms with Crippen LogP contribution in [0.5, 0.6) is 17.2 Å². The number of anilines is 3. The van der Waals surface area contributed by atoms with Gasteiger partial charge in [-0.15, -0.1) is 0 Å². The van der Waals surface area contributed by atoms with Gasteiger partial charge >= 0.3 is 0 Å². The molecule has 3 N–H and O–H groups in total. The van der Waals surface area contributed by atoms with Gasteiger partial charge in [-0.2, -0.15) is 5.10 Å². The number of likely N-dealkylation sites (tertiary alicyclic amines) is 1. The highest BCUT2D eigenvalue weighted by Gasteiger charge is 2.32. The van der Waals surface area contributed by atoms with Gasteiger partial charge in [-0.1, -0.05) is 5.16 Å². The van der Waals surface area contributed by atoms with E-state index < -0.39 is 15.7 Å². The number of alkyl halides is 1. The highest BCUT2D eigenvalue weighted by Crippen LogP contribution is 2.42. The standard InChI is InChI=1S/C29H35FN6O6S/c1-29(30)8-5-9-36(16-29)15-17-10-24(40-3)27(25(11-17)41-4)43(37,38)35-28-19-12-23(39-2)21(13-22(19)42-34-28)31-26-14-20(32-33-26)18-6-7-18/h10-14,18H,5-9,15-16H2,1-4H3,(H,34,35)(H2,31,32,33)/t29-/m0/s1. The van der Waals surface area contributed by atoms with Gasteiger partial charge in [0.05, 0.1) is 32.4 Å². The van der Waals surface area contributed by atoms with Crippen molar-refractivity contribution in [2.75, 3.05) is 44.5 Å². The first-order valence-corrected chi connectivity index (χ1v) is 15.6. The van der Waals surface area contributed by atoms with Gasteiger partial charge in [-0.3, -0.25) is 14.7 Å². The molecular formula is C29H35FN6O6S. The number of methoxy groups -OCH3 is 3. The molecule has 0 radical (unpaired) electrons. The van der Waals surface area contributed by atoms with Crippen molar-refractivity contribution in [3.63, 3.8) is 0 Å². The fraction of sp³-hybridized carbons (Fsp3) is 0.448. The number of nitrogens with zero attached hydrogens (tertiary/aromatic N) is 3. The van der Waals surface area contributed by atoms with Gasteiger partial charge in [0, 0.05) is 36.8 Å². The molecule has 1 saturated carbocycles. The van der Waals surface area contributed by atoms with Crippen LogP contribution in [0.25, 0.3) is 11.0 Å². The van der Waals surface area contributed by atoms with E-state index in [4.69, 9.17) is 18.7 Å². The van der Waals surface area contributed by atoms with Crippen molar-refractivity contribution in [3.8, 4) is 17.2 Å². The van der Waals surface area contributed by atoms with E-state index in [2.05, 4.69) is 25.4 Å². The van der Waals surface area contributed by atoms with Crippen molar-refractivity contribution in [1.82, 2.24) is 20.3 Å². The predicted molar refractivity (Wildman–Crippen MR) is 159 cm³/mol. The summed E-state index contributed by atoms with van der Waals surface area (Å²) >= 11 is 0. The third kappa shape index (κ3) is 6.07. The molecule has 1 atom stereocenters. The highest BCUT2D eigenvalue weighted by atomic mass is 32.2. The molecule has 0 unspecified atom stereocenters. The molecule has 6 rings (SSSR count). The van der Waals surface area contributed by atoms with Crippen LogP contribution in [0.3, 0.4) is 0 Å². The first kappa shape index (κ1) is 29.1. The van der Waals surface area contributed by atoms with Crippen molar-refractivity contribution in [1.29, 1.82) is 0 Å². The molecule has 43 heavy (non-hydrogen) atoms. The Hall–Kier alpha value is -4.04. The first-order chi connectivity index (χ1) is 20.6. The molecule has 4 aromatic rings. The number of halogens is 1. The Morgan fingerprint density at radius 1 is 1.09 bits per heavy atom. The first-order valence-electron chi connectivity index (χ1n) is 14.1. The van der Waals surface area contributed by atoms with E-state index in [0.29, 0.717) is 53.7 Å². The van der Waals surface area contributed by atoms with Crippen molar-refractivity contribution in [2.45, 2.75) is 55.6 Å². The molecular weight excluding hydrogens is 579 g/mol. The zero-order valence-corrected chi connectivity index (χ0v) is 25.3. The van der Waals surface area contributed by atoms with Crippen LogP contribution in [0.15, 0.2) is 39.8 Å². The molecule has 0 amide bonds. The maximum absolute atomic E-state index is 14.6. The Bertz CT molecular complexity index is 1720. The molecule has 1 saturated heterocycles. The van der Waals surface area contributed by atoms with E-state index >= 15 is 0 Å². The van der Waals surface area contributed by atoms with Crippen molar-refractivity contribution in [3.05, 3.63) is 41.6 Å². The van der Waals surface area contributed by atoms with Crippen LogP contribution in [0.2, 0.25) is 0 Å². The molecule has 2 aliphatic rings. The Labute approximate surface area is 248 Å². The molecule has 14 heteroatoms. The number of ether oxygens (including phenoxy) is 3. The van der Waals surface area contributed by atoms with Gasteiger partial charge in [0.25, 0.3) is 10.0 Å². The van der Waals surface area contributed by atoms with Gasteiger partial charge in [-0.05, 0) is 62.9 Å².